The zero-order valence-electron chi connectivity index (χ0n) is 12.4. The molecule has 22 heavy (non-hydrogen) atoms. The molecule has 1 aromatic carbocycles. The van der Waals surface area contributed by atoms with Crippen LogP contribution in [0.1, 0.15) is 29.7 Å². The van der Waals surface area contributed by atoms with Crippen molar-refractivity contribution in [3.05, 3.63) is 62.8 Å². The summed E-state index contributed by atoms with van der Waals surface area (Å²) in [5, 5.41) is 5.93. The Morgan fingerprint density at radius 2 is 2.09 bits per heavy atom. The monoisotopic (exact) mass is 331 g/mol. The first-order valence-electron chi connectivity index (χ1n) is 7.40. The van der Waals surface area contributed by atoms with Gasteiger partial charge in [0.2, 0.25) is 0 Å². The van der Waals surface area contributed by atoms with Crippen molar-refractivity contribution >= 4 is 34.8 Å². The highest BCUT2D eigenvalue weighted by Gasteiger charge is 2.43. The molecule has 1 saturated carbocycles. The van der Waals surface area contributed by atoms with Gasteiger partial charge in [-0.2, -0.15) is 0 Å². The van der Waals surface area contributed by atoms with Gasteiger partial charge >= 0.3 is 0 Å². The molecule has 1 fully saturated rings. The number of thiophene rings is 1. The van der Waals surface area contributed by atoms with Crippen LogP contribution in [-0.4, -0.2) is 12.8 Å². The highest BCUT2D eigenvalue weighted by atomic mass is 35.5. The summed E-state index contributed by atoms with van der Waals surface area (Å²) >= 11 is 8.02. The van der Waals surface area contributed by atoms with E-state index in [1.807, 2.05) is 54.9 Å². The maximum absolute atomic E-state index is 13.2. The summed E-state index contributed by atoms with van der Waals surface area (Å²) in [4.78, 5) is 14.3. The molecule has 2 aromatic rings. The van der Waals surface area contributed by atoms with Gasteiger partial charge < -0.3 is 5.32 Å². The molecular formula is C18H18ClNOS. The van der Waals surface area contributed by atoms with Crippen LogP contribution < -0.4 is 5.32 Å². The summed E-state index contributed by atoms with van der Waals surface area (Å²) in [6.07, 6.45) is 4.59. The number of hydrogen-bond acceptors (Lipinski definition) is 3. The van der Waals surface area contributed by atoms with Crippen molar-refractivity contribution in [1.82, 2.24) is 5.32 Å². The fourth-order valence-electron chi connectivity index (χ4n) is 3.17. The minimum absolute atomic E-state index is 0.141. The van der Waals surface area contributed by atoms with Gasteiger partial charge in [0, 0.05) is 9.90 Å². The summed E-state index contributed by atoms with van der Waals surface area (Å²) < 4.78 is 0. The van der Waals surface area contributed by atoms with Crippen molar-refractivity contribution < 1.29 is 4.79 Å². The third kappa shape index (κ3) is 2.65. The molecule has 0 spiro atoms. The molecule has 0 aliphatic heterocycles. The standard InChI is InChI=1S/C18H18ClNOS/c1-20-18(15-8-2-3-9-16(15)19)10-4-6-13(17(18)21)12-14-7-5-11-22-14/h2-3,5,7-9,11-12,20H,4,6,10H2,1H3. The van der Waals surface area contributed by atoms with Gasteiger partial charge in [-0.25, -0.2) is 0 Å². The zero-order chi connectivity index (χ0) is 15.6. The van der Waals surface area contributed by atoms with Gasteiger partial charge in [0.1, 0.15) is 5.54 Å². The maximum atomic E-state index is 13.2. The summed E-state index contributed by atoms with van der Waals surface area (Å²) in [6.45, 7) is 0. The predicted octanol–water partition coefficient (Wildman–Crippen LogP) is 4.65. The summed E-state index contributed by atoms with van der Waals surface area (Å²) in [5.74, 6) is 0.141. The van der Waals surface area contributed by atoms with E-state index in [1.165, 1.54) is 0 Å². The Bertz CT molecular complexity index is 708. The molecule has 2 nitrogen and oxygen atoms in total. The molecule has 1 unspecified atom stereocenters. The van der Waals surface area contributed by atoms with Crippen molar-refractivity contribution in [2.75, 3.05) is 7.05 Å². The van der Waals surface area contributed by atoms with E-state index in [0.29, 0.717) is 5.02 Å². The van der Waals surface area contributed by atoms with Gasteiger partial charge in [-0.15, -0.1) is 11.3 Å². The summed E-state index contributed by atoms with van der Waals surface area (Å²) in [6, 6.07) is 11.7. The fraction of sp³-hybridized carbons (Fsp3) is 0.278. The molecular weight excluding hydrogens is 314 g/mol. The number of hydrogen-bond donors (Lipinski definition) is 1. The summed E-state index contributed by atoms with van der Waals surface area (Å²) in [5.41, 5.74) is 1.04. The first-order valence-corrected chi connectivity index (χ1v) is 8.66. The zero-order valence-corrected chi connectivity index (χ0v) is 14.0. The molecule has 0 bridgehead atoms. The molecule has 1 aliphatic carbocycles. The lowest BCUT2D eigenvalue weighted by atomic mass is 9.73. The van der Waals surface area contributed by atoms with E-state index < -0.39 is 5.54 Å². The van der Waals surface area contributed by atoms with E-state index in [4.69, 9.17) is 11.6 Å². The minimum atomic E-state index is -0.709. The third-order valence-electron chi connectivity index (χ3n) is 4.30. The van der Waals surface area contributed by atoms with Gasteiger partial charge in [0.25, 0.3) is 0 Å². The van der Waals surface area contributed by atoms with Gasteiger partial charge in [-0.1, -0.05) is 35.9 Å². The van der Waals surface area contributed by atoms with E-state index in [0.717, 1.165) is 35.3 Å². The van der Waals surface area contributed by atoms with Crippen molar-refractivity contribution in [2.24, 2.45) is 0 Å². The second-order valence-electron chi connectivity index (χ2n) is 5.50. The number of benzene rings is 1. The van der Waals surface area contributed by atoms with Crippen LogP contribution in [0.3, 0.4) is 0 Å². The Kier molecular flexibility index (Phi) is 4.48. The molecule has 1 aromatic heterocycles. The van der Waals surface area contributed by atoms with Crippen LogP contribution >= 0.6 is 22.9 Å². The normalized spacial score (nSPS) is 23.9. The van der Waals surface area contributed by atoms with Crippen LogP contribution in [0.15, 0.2) is 47.4 Å². The van der Waals surface area contributed by atoms with Gasteiger partial charge in [-0.3, -0.25) is 4.79 Å². The van der Waals surface area contributed by atoms with Crippen LogP contribution in [0, 0.1) is 0 Å². The van der Waals surface area contributed by atoms with Crippen molar-refractivity contribution in [3.63, 3.8) is 0 Å². The maximum Gasteiger partial charge on any atom is 0.183 e. The molecule has 0 radical (unpaired) electrons. The number of halogens is 1. The van der Waals surface area contributed by atoms with E-state index in [2.05, 4.69) is 5.32 Å². The second kappa shape index (κ2) is 6.37. The first kappa shape index (κ1) is 15.5. The number of likely N-dealkylation sites (N-methyl/N-ethyl adjacent to an activating group) is 1. The molecule has 1 aliphatic rings. The summed E-state index contributed by atoms with van der Waals surface area (Å²) in [7, 11) is 1.84. The van der Waals surface area contributed by atoms with Crippen LogP contribution in [0.5, 0.6) is 0 Å². The largest absolute Gasteiger partial charge is 0.304 e. The molecule has 0 saturated heterocycles. The molecule has 1 heterocycles. The smallest absolute Gasteiger partial charge is 0.183 e. The van der Waals surface area contributed by atoms with Crippen molar-refractivity contribution in [1.29, 1.82) is 0 Å². The van der Waals surface area contributed by atoms with Crippen LogP contribution in [0.4, 0.5) is 0 Å². The molecule has 4 heteroatoms. The lowest BCUT2D eigenvalue weighted by molar-refractivity contribution is -0.123. The fourth-order valence-corrected chi connectivity index (χ4v) is 4.14. The Balaban J connectivity index is 2.05. The molecule has 0 amide bonds. The number of rotatable bonds is 3. The minimum Gasteiger partial charge on any atom is -0.304 e. The lowest BCUT2D eigenvalue weighted by Crippen LogP contribution is -2.50. The third-order valence-corrected chi connectivity index (χ3v) is 5.45. The number of carbonyl (C=O) groups is 1. The Hall–Kier alpha value is -1.42. The molecule has 1 N–H and O–H groups in total. The Morgan fingerprint density at radius 1 is 1.27 bits per heavy atom. The highest BCUT2D eigenvalue weighted by Crippen LogP contribution is 2.40. The molecule has 114 valence electrons. The van der Waals surface area contributed by atoms with Crippen molar-refractivity contribution in [2.45, 2.75) is 24.8 Å². The van der Waals surface area contributed by atoms with Gasteiger partial charge in [0.05, 0.1) is 0 Å². The van der Waals surface area contributed by atoms with Crippen LogP contribution in [-0.2, 0) is 10.3 Å². The highest BCUT2D eigenvalue weighted by molar-refractivity contribution is 7.10. The van der Waals surface area contributed by atoms with Gasteiger partial charge in [-0.05, 0) is 61.0 Å². The number of ketones is 1. The topological polar surface area (TPSA) is 29.1 Å². The van der Waals surface area contributed by atoms with Crippen molar-refractivity contribution in [3.8, 4) is 0 Å². The van der Waals surface area contributed by atoms with E-state index in [9.17, 15) is 4.79 Å². The average Bonchev–Trinajstić information content (AvgIpc) is 3.04. The number of Topliss-reactive ketones (excluding diaryl/α,β-unsaturated/α-hetero) is 1. The molecule has 3 rings (SSSR count). The SMILES string of the molecule is CNC1(c2ccccc2Cl)CCCC(=Cc2cccs2)C1=O. The molecule has 1 atom stereocenters. The number of carbonyl (C=O) groups excluding carboxylic acids is 1. The van der Waals surface area contributed by atoms with Crippen LogP contribution in [0.2, 0.25) is 5.02 Å². The van der Waals surface area contributed by atoms with E-state index >= 15 is 0 Å². The predicted molar refractivity (Wildman–Crippen MR) is 93.3 cm³/mol. The number of nitrogens with one attached hydrogen (secondary N) is 1. The Labute approximate surface area is 139 Å². The average molecular weight is 332 g/mol. The van der Waals surface area contributed by atoms with E-state index in [1.54, 1.807) is 11.3 Å². The van der Waals surface area contributed by atoms with Crippen LogP contribution in [0.25, 0.3) is 6.08 Å². The lowest BCUT2D eigenvalue weighted by Gasteiger charge is -2.37. The quantitative estimate of drug-likeness (QED) is 0.829. The van der Waals surface area contributed by atoms with Gasteiger partial charge in [0.15, 0.2) is 5.78 Å². The first-order chi connectivity index (χ1) is 10.7. The second-order valence-corrected chi connectivity index (χ2v) is 6.89. The van der Waals surface area contributed by atoms with E-state index in [-0.39, 0.29) is 5.78 Å². The Morgan fingerprint density at radius 3 is 2.77 bits per heavy atom.